The fourth-order valence-corrected chi connectivity index (χ4v) is 0.514. The third-order valence-corrected chi connectivity index (χ3v) is 1.11. The summed E-state index contributed by atoms with van der Waals surface area (Å²) in [5, 5.41) is 10.5. The monoisotopic (exact) mass is 191 g/mol. The van der Waals surface area contributed by atoms with Gasteiger partial charge in [-0.2, -0.15) is 0 Å². The summed E-state index contributed by atoms with van der Waals surface area (Å²) < 4.78 is 9.49. The van der Waals surface area contributed by atoms with Gasteiger partial charge in [-0.1, -0.05) is 0 Å². The summed E-state index contributed by atoms with van der Waals surface area (Å²) >= 11 is 0. The molecule has 0 saturated carbocycles. The van der Waals surface area contributed by atoms with Gasteiger partial charge in [-0.3, -0.25) is 4.79 Å². The van der Waals surface area contributed by atoms with Crippen LogP contribution in [-0.2, 0) is 19.1 Å². The first-order valence-corrected chi connectivity index (χ1v) is 3.74. The van der Waals surface area contributed by atoms with Crippen molar-refractivity contribution in [2.75, 3.05) is 33.5 Å². The average Bonchev–Trinajstić information content (AvgIpc) is 2.10. The molecule has 0 aromatic rings. The normalized spacial score (nSPS) is 9.62. The highest BCUT2D eigenvalue weighted by Crippen LogP contribution is 1.78. The quantitative estimate of drug-likeness (QED) is 0.496. The number of likely N-dealkylation sites (N-methyl/N-ethyl adjacent to an activating group) is 1. The molecule has 0 radical (unpaired) electrons. The Morgan fingerprint density at radius 3 is 2.23 bits per heavy atom. The van der Waals surface area contributed by atoms with Crippen LogP contribution >= 0.6 is 0 Å². The number of ether oxygens (including phenoxy) is 2. The van der Waals surface area contributed by atoms with E-state index >= 15 is 0 Å². The summed E-state index contributed by atoms with van der Waals surface area (Å²) in [4.78, 5) is 20.5. The Bertz CT molecular complexity index is 170. The standard InChI is InChI=1S/C7H13NO5/c1-8-6(9)4-12-2-3-13-5-7(10)11/h2-5H2,1H3,(H,8,9)(H,10,11). The number of nitrogens with one attached hydrogen (secondary N) is 1. The Morgan fingerprint density at radius 1 is 1.23 bits per heavy atom. The molecular weight excluding hydrogens is 178 g/mol. The number of rotatable bonds is 7. The van der Waals surface area contributed by atoms with Crippen molar-refractivity contribution in [3.63, 3.8) is 0 Å². The van der Waals surface area contributed by atoms with Crippen LogP contribution in [0.2, 0.25) is 0 Å². The molecule has 0 bridgehead atoms. The summed E-state index contributed by atoms with van der Waals surface area (Å²) in [6, 6.07) is 0. The maximum atomic E-state index is 10.6. The highest BCUT2D eigenvalue weighted by molar-refractivity contribution is 5.76. The molecule has 0 saturated heterocycles. The number of amides is 1. The molecule has 0 aliphatic heterocycles. The first-order chi connectivity index (χ1) is 6.16. The number of carboxylic acid groups (broad SMARTS) is 1. The van der Waals surface area contributed by atoms with Gasteiger partial charge in [0, 0.05) is 7.05 Å². The lowest BCUT2D eigenvalue weighted by Gasteiger charge is -2.02. The maximum Gasteiger partial charge on any atom is 0.329 e. The van der Waals surface area contributed by atoms with E-state index in [1.54, 1.807) is 0 Å². The van der Waals surface area contributed by atoms with Crippen molar-refractivity contribution < 1.29 is 24.2 Å². The summed E-state index contributed by atoms with van der Waals surface area (Å²) in [6.45, 7) is 0.000258. The van der Waals surface area contributed by atoms with Gasteiger partial charge in [0.1, 0.15) is 13.2 Å². The molecule has 0 spiro atoms. The minimum atomic E-state index is -1.02. The molecule has 0 aromatic carbocycles. The van der Waals surface area contributed by atoms with Gasteiger partial charge in [-0.05, 0) is 0 Å². The molecule has 76 valence electrons. The van der Waals surface area contributed by atoms with Gasteiger partial charge in [0.2, 0.25) is 5.91 Å². The lowest BCUT2D eigenvalue weighted by Crippen LogP contribution is -2.24. The van der Waals surface area contributed by atoms with Crippen LogP contribution in [0.1, 0.15) is 0 Å². The topological polar surface area (TPSA) is 84.9 Å². The SMILES string of the molecule is CNC(=O)COCCOCC(=O)O. The van der Waals surface area contributed by atoms with E-state index in [0.717, 1.165) is 0 Å². The smallest absolute Gasteiger partial charge is 0.329 e. The van der Waals surface area contributed by atoms with E-state index in [2.05, 4.69) is 10.1 Å². The van der Waals surface area contributed by atoms with Crippen molar-refractivity contribution in [1.29, 1.82) is 0 Å². The predicted octanol–water partition coefficient (Wildman–Crippen LogP) is -1.15. The molecule has 0 unspecified atom stereocenters. The van der Waals surface area contributed by atoms with Crippen LogP contribution in [-0.4, -0.2) is 50.5 Å². The van der Waals surface area contributed by atoms with Crippen molar-refractivity contribution in [1.82, 2.24) is 5.32 Å². The van der Waals surface area contributed by atoms with Crippen molar-refractivity contribution >= 4 is 11.9 Å². The molecule has 0 aliphatic carbocycles. The van der Waals surface area contributed by atoms with Gasteiger partial charge < -0.3 is 19.9 Å². The summed E-state index contributed by atoms with van der Waals surface area (Å²) in [7, 11) is 1.51. The first-order valence-electron chi connectivity index (χ1n) is 3.74. The second kappa shape index (κ2) is 7.51. The number of hydrogen-bond donors (Lipinski definition) is 2. The van der Waals surface area contributed by atoms with Gasteiger partial charge in [-0.15, -0.1) is 0 Å². The van der Waals surface area contributed by atoms with E-state index in [0.29, 0.717) is 0 Å². The molecule has 6 heteroatoms. The number of carbonyl (C=O) groups excluding carboxylic acids is 1. The number of carboxylic acids is 1. The Hall–Kier alpha value is -1.14. The van der Waals surface area contributed by atoms with E-state index in [9.17, 15) is 9.59 Å². The van der Waals surface area contributed by atoms with E-state index < -0.39 is 5.97 Å². The Balaban J connectivity index is 3.08. The third-order valence-electron chi connectivity index (χ3n) is 1.11. The molecule has 0 aliphatic rings. The van der Waals surface area contributed by atoms with Crippen LogP contribution in [0, 0.1) is 0 Å². The van der Waals surface area contributed by atoms with Gasteiger partial charge >= 0.3 is 5.97 Å². The van der Waals surface area contributed by atoms with Gasteiger partial charge in [0.25, 0.3) is 0 Å². The fourth-order valence-electron chi connectivity index (χ4n) is 0.514. The van der Waals surface area contributed by atoms with Gasteiger partial charge in [0.05, 0.1) is 13.2 Å². The molecule has 0 heterocycles. The summed E-state index contributed by atoms with van der Waals surface area (Å²) in [5.41, 5.74) is 0. The maximum absolute atomic E-state index is 10.6. The summed E-state index contributed by atoms with van der Waals surface area (Å²) in [6.07, 6.45) is 0. The minimum absolute atomic E-state index is 0.0348. The lowest BCUT2D eigenvalue weighted by molar-refractivity contribution is -0.143. The van der Waals surface area contributed by atoms with E-state index in [1.807, 2.05) is 0 Å². The largest absolute Gasteiger partial charge is 0.480 e. The van der Waals surface area contributed by atoms with E-state index in [-0.39, 0.29) is 32.3 Å². The zero-order valence-electron chi connectivity index (χ0n) is 7.41. The van der Waals surface area contributed by atoms with Crippen molar-refractivity contribution in [2.24, 2.45) is 0 Å². The van der Waals surface area contributed by atoms with E-state index in [1.165, 1.54) is 7.05 Å². The lowest BCUT2D eigenvalue weighted by atomic mass is 10.6. The van der Waals surface area contributed by atoms with E-state index in [4.69, 9.17) is 9.84 Å². The second-order valence-electron chi connectivity index (χ2n) is 2.17. The second-order valence-corrected chi connectivity index (χ2v) is 2.17. The Morgan fingerprint density at radius 2 is 1.77 bits per heavy atom. The molecule has 6 nitrogen and oxygen atoms in total. The highest BCUT2D eigenvalue weighted by Gasteiger charge is 1.98. The van der Waals surface area contributed by atoms with Crippen molar-refractivity contribution in [2.45, 2.75) is 0 Å². The fraction of sp³-hybridized carbons (Fsp3) is 0.714. The summed E-state index contributed by atoms with van der Waals surface area (Å²) in [5.74, 6) is -1.25. The van der Waals surface area contributed by atoms with Gasteiger partial charge in [0.15, 0.2) is 0 Å². The van der Waals surface area contributed by atoms with Crippen LogP contribution in [0.5, 0.6) is 0 Å². The molecule has 13 heavy (non-hydrogen) atoms. The Kier molecular flexibility index (Phi) is 6.85. The average molecular weight is 191 g/mol. The molecule has 0 atom stereocenters. The zero-order valence-corrected chi connectivity index (χ0v) is 7.41. The number of aliphatic carboxylic acids is 1. The van der Waals surface area contributed by atoms with Gasteiger partial charge in [-0.25, -0.2) is 4.79 Å². The number of carbonyl (C=O) groups is 2. The highest BCUT2D eigenvalue weighted by atomic mass is 16.5. The molecule has 0 aromatic heterocycles. The molecule has 1 amide bonds. The van der Waals surface area contributed by atoms with Crippen LogP contribution in [0.15, 0.2) is 0 Å². The van der Waals surface area contributed by atoms with Crippen LogP contribution < -0.4 is 5.32 Å². The molecule has 0 fully saturated rings. The van der Waals surface area contributed by atoms with Crippen LogP contribution in [0.25, 0.3) is 0 Å². The Labute approximate surface area is 75.8 Å². The molecule has 2 N–H and O–H groups in total. The third kappa shape index (κ3) is 8.77. The molecular formula is C7H13NO5. The zero-order chi connectivity index (χ0) is 10.1. The van der Waals surface area contributed by atoms with Crippen molar-refractivity contribution in [3.8, 4) is 0 Å². The number of hydrogen-bond acceptors (Lipinski definition) is 4. The first kappa shape index (κ1) is 11.9. The predicted molar refractivity (Wildman–Crippen MR) is 43.3 cm³/mol. The van der Waals surface area contributed by atoms with Crippen LogP contribution in [0.4, 0.5) is 0 Å². The minimum Gasteiger partial charge on any atom is -0.480 e. The van der Waals surface area contributed by atoms with Crippen LogP contribution in [0.3, 0.4) is 0 Å². The van der Waals surface area contributed by atoms with Crippen molar-refractivity contribution in [3.05, 3.63) is 0 Å². The molecule has 0 rings (SSSR count).